The molecule has 61 heavy (non-hydrogen) atoms. The van der Waals surface area contributed by atoms with E-state index in [4.69, 9.17) is 147 Å². The average Bonchev–Trinajstić information content (AvgIpc) is 3.25. The van der Waals surface area contributed by atoms with E-state index < -0.39 is 0 Å². The van der Waals surface area contributed by atoms with E-state index in [2.05, 4.69) is 5.92 Å². The molecular weight excluding hydrogens is 711 g/mol. The van der Waals surface area contributed by atoms with Crippen LogP contribution in [0.25, 0.3) is 38.9 Å². The predicted molar refractivity (Wildman–Crippen MR) is 278 cm³/mol. The van der Waals surface area contributed by atoms with E-state index in [1.165, 1.54) is 0 Å². The molecule has 0 bridgehead atoms. The van der Waals surface area contributed by atoms with Crippen molar-refractivity contribution < 1.29 is 0 Å². The van der Waals surface area contributed by atoms with Crippen molar-refractivity contribution in [3.63, 3.8) is 0 Å². The molecule has 241 valence electrons. The van der Waals surface area contributed by atoms with Crippen molar-refractivity contribution >= 4 is 223 Å². The van der Waals surface area contributed by atoms with Crippen molar-refractivity contribution in [1.82, 2.24) is 0 Å². The van der Waals surface area contributed by atoms with E-state index in [1.54, 1.807) is 6.92 Å². The van der Waals surface area contributed by atoms with E-state index in [0.717, 1.165) is 11.1 Å². The molecule has 0 saturated carbocycles. The third kappa shape index (κ3) is 7.77. The zero-order chi connectivity index (χ0) is 45.1. The van der Waals surface area contributed by atoms with Crippen molar-refractivity contribution in [2.24, 2.45) is 0 Å². The van der Waals surface area contributed by atoms with Gasteiger partial charge in [-0.25, -0.2) is 0 Å². The molecule has 0 aliphatic heterocycles. The van der Waals surface area contributed by atoms with Crippen molar-refractivity contribution in [1.29, 1.82) is 0 Å². The molecule has 0 fully saturated rings. The minimum absolute atomic E-state index is 0.0110. The molecule has 0 aromatic heterocycles. The Hall–Kier alpha value is -4.34. The third-order valence-corrected chi connectivity index (χ3v) is 11.1. The molecule has 0 saturated heterocycles. The Morgan fingerprint density at radius 2 is 1.02 bits per heavy atom. The van der Waals surface area contributed by atoms with Gasteiger partial charge in [-0.15, -0.1) is 6.42 Å². The van der Waals surface area contributed by atoms with Crippen LogP contribution in [0.5, 0.6) is 0 Å². The van der Waals surface area contributed by atoms with Gasteiger partial charge in [0.1, 0.15) is 31.4 Å². The van der Waals surface area contributed by atoms with Crippen LogP contribution in [0.2, 0.25) is 0 Å². The summed E-state index contributed by atoms with van der Waals surface area (Å²) in [5, 5.41) is 0.119. The molecule has 5 aromatic rings. The number of hydrogen-bond donors (Lipinski definition) is 0. The van der Waals surface area contributed by atoms with Gasteiger partial charge in [0.05, 0.1) is 0 Å². The van der Waals surface area contributed by atoms with Gasteiger partial charge in [0.25, 0.3) is 0 Å². The molecule has 1 aliphatic carbocycles. The number of benzene rings is 5. The summed E-state index contributed by atoms with van der Waals surface area (Å²) in [6.07, 6.45) is 5.52. The standard InChI is InChI=1S/C43H15B18/c1-3-20(44)29(46)28(45)19-13-18(26-36(53)33(50)23(34(51)37(26)54)17-11-7-10-16(12-17)15-8-5-4-6-9-15)25-27(38(55)41(58)40(57)35(25)52)24(19)21-14(2)22(31(48)39(56)30(21)47)32(49)42(59)43(60)61/h1,4-12H,13H2,2H3/b28-19-,29-20-,42-32-. The van der Waals surface area contributed by atoms with Gasteiger partial charge in [0, 0.05) is 0 Å². The maximum absolute atomic E-state index is 7.02. The van der Waals surface area contributed by atoms with Crippen LogP contribution in [0.3, 0.4) is 0 Å². The molecule has 0 unspecified atom stereocenters. The van der Waals surface area contributed by atoms with Gasteiger partial charge in [0.2, 0.25) is 0 Å². The predicted octanol–water partition coefficient (Wildman–Crippen LogP) is -8.06. The second-order valence-electron chi connectivity index (χ2n) is 14.5. The number of allylic oxidation sites excluding steroid dienone is 5. The first-order chi connectivity index (χ1) is 28.7. The topological polar surface area (TPSA) is 0 Å². The SMILES string of the molecule is [B]C(=[B])/C([B])=C(/[B])c1c([B])c([B])c([B])c(C2=c3c([B])c([B])c([B])c([B])c3=C(c3c([B])c([B])c(-c4cccc(-c5ccccc5)c4)c([B])c3[B])C/C2=C([B])\C([B])=C(\[B])C#C)c1C. The van der Waals surface area contributed by atoms with E-state index in [1.807, 2.05) is 54.6 Å². The van der Waals surface area contributed by atoms with Crippen LogP contribution in [-0.4, -0.2) is 146 Å². The molecule has 18 heteroatoms. The molecule has 5 aromatic carbocycles. The summed E-state index contributed by atoms with van der Waals surface area (Å²) in [7, 11) is 119. The Morgan fingerprint density at radius 3 is 1.57 bits per heavy atom. The van der Waals surface area contributed by atoms with E-state index >= 15 is 0 Å². The maximum atomic E-state index is 7.02. The summed E-state index contributed by atoms with van der Waals surface area (Å²) in [5.74, 6) is 2.32. The summed E-state index contributed by atoms with van der Waals surface area (Å²) in [6, 6.07) is 17.4. The molecule has 1 aliphatic rings. The number of rotatable bonds is 7. The Balaban J connectivity index is 1.88. The third-order valence-electron chi connectivity index (χ3n) is 11.1. The zero-order valence-electron chi connectivity index (χ0n) is 33.4. The Bertz CT molecular complexity index is 3010. The summed E-state index contributed by atoms with van der Waals surface area (Å²) in [6.45, 7) is 1.65. The van der Waals surface area contributed by atoms with Gasteiger partial charge < -0.3 is 0 Å². The summed E-state index contributed by atoms with van der Waals surface area (Å²) in [5.41, 5.74) is 3.84. The Morgan fingerprint density at radius 1 is 0.525 bits per heavy atom. The molecule has 0 amide bonds. The van der Waals surface area contributed by atoms with Crippen molar-refractivity contribution in [3.8, 4) is 34.6 Å². The van der Waals surface area contributed by atoms with Gasteiger partial charge in [-0.1, -0.05) is 59.5 Å². The minimum atomic E-state index is -0.278. The van der Waals surface area contributed by atoms with Crippen LogP contribution in [0.1, 0.15) is 28.7 Å². The van der Waals surface area contributed by atoms with Crippen molar-refractivity contribution in [3.05, 3.63) is 115 Å². The van der Waals surface area contributed by atoms with Crippen molar-refractivity contribution in [2.45, 2.75) is 13.3 Å². The second kappa shape index (κ2) is 17.8. The van der Waals surface area contributed by atoms with Crippen LogP contribution < -0.4 is 70.5 Å². The molecule has 0 nitrogen and oxygen atoms in total. The fourth-order valence-electron chi connectivity index (χ4n) is 7.86. The van der Waals surface area contributed by atoms with Crippen LogP contribution in [-0.2, 0) is 0 Å². The molecular formula is C43H15B18. The van der Waals surface area contributed by atoms with Gasteiger partial charge in [-0.05, 0) is 28.3 Å². The molecule has 0 N–H and O–H groups in total. The monoisotopic (exact) mass is 729 g/mol. The molecule has 0 atom stereocenters. The Kier molecular flexibility index (Phi) is 13.5. The quantitative estimate of drug-likeness (QED) is 0.116. The van der Waals surface area contributed by atoms with Gasteiger partial charge in [0.15, 0.2) is 0 Å². The van der Waals surface area contributed by atoms with Crippen LogP contribution in [0.4, 0.5) is 0 Å². The zero-order valence-corrected chi connectivity index (χ0v) is 33.4. The van der Waals surface area contributed by atoms with Crippen LogP contribution in [0, 0.1) is 19.3 Å². The molecule has 35 radical (unpaired) electrons. The molecule has 0 heterocycles. The summed E-state index contributed by atoms with van der Waals surface area (Å²) >= 11 is 0. The molecule has 0 spiro atoms. The number of fused-ring (bicyclic) bond motifs is 1. The summed E-state index contributed by atoms with van der Waals surface area (Å²) in [4.78, 5) is 0. The Labute approximate surface area is 383 Å². The van der Waals surface area contributed by atoms with Gasteiger partial charge >= 0.3 is 260 Å². The molecule has 6 rings (SSSR count). The number of terminal acetylenes is 1. The first-order valence-corrected chi connectivity index (χ1v) is 18.4. The first kappa shape index (κ1) is 46.2. The van der Waals surface area contributed by atoms with Crippen LogP contribution in [0.15, 0.2) is 82.1 Å². The fourth-order valence-corrected chi connectivity index (χ4v) is 7.86. The van der Waals surface area contributed by atoms with E-state index in [-0.39, 0.29) is 138 Å². The summed E-state index contributed by atoms with van der Waals surface area (Å²) < 4.78 is 0. The van der Waals surface area contributed by atoms with E-state index in [9.17, 15) is 0 Å². The van der Waals surface area contributed by atoms with Gasteiger partial charge in [-0.3, -0.25) is 0 Å². The van der Waals surface area contributed by atoms with Crippen LogP contribution >= 0.6 is 0 Å². The normalized spacial score (nSPS) is 14.1. The van der Waals surface area contributed by atoms with Gasteiger partial charge in [-0.2, -0.15) is 0 Å². The average molecular weight is 726 g/mol. The fraction of sp³-hybridized carbons (Fsp3) is 0.0465. The van der Waals surface area contributed by atoms with E-state index in [0.29, 0.717) is 22.3 Å². The first-order valence-electron chi connectivity index (χ1n) is 18.4. The van der Waals surface area contributed by atoms with Crippen molar-refractivity contribution in [2.75, 3.05) is 0 Å². The second-order valence-corrected chi connectivity index (χ2v) is 14.5. The number of hydrogen-bond acceptors (Lipinski definition) is 0.